The van der Waals surface area contributed by atoms with Crippen LogP contribution in [0.1, 0.15) is 43.4 Å². The molecule has 1 heterocycles. The van der Waals surface area contributed by atoms with Crippen molar-refractivity contribution in [3.8, 4) is 0 Å². The number of thiophene rings is 1. The Balaban J connectivity index is 1.62. The van der Waals surface area contributed by atoms with E-state index in [2.05, 4.69) is 22.4 Å². The first-order valence-electron chi connectivity index (χ1n) is 7.81. The van der Waals surface area contributed by atoms with Gasteiger partial charge in [-0.05, 0) is 55.4 Å². The average Bonchev–Trinajstić information content (AvgIpc) is 2.87. The lowest BCUT2D eigenvalue weighted by atomic mass is 9.79. The minimum Gasteiger partial charge on any atom is -0.329 e. The third-order valence-electron chi connectivity index (χ3n) is 5.76. The van der Waals surface area contributed by atoms with Crippen molar-refractivity contribution in [1.29, 1.82) is 0 Å². The molecular weight excluding hydrogens is 252 g/mol. The van der Waals surface area contributed by atoms with Crippen LogP contribution in [0, 0.1) is 11.8 Å². The Kier molecular flexibility index (Phi) is 2.98. The molecule has 3 aliphatic rings. The summed E-state index contributed by atoms with van der Waals surface area (Å²) in [5.74, 6) is 1.85. The molecule has 1 aromatic rings. The monoisotopic (exact) mass is 276 g/mol. The number of nitrogens with two attached hydrogens (primary N) is 1. The van der Waals surface area contributed by atoms with Gasteiger partial charge in [0, 0.05) is 29.5 Å². The largest absolute Gasteiger partial charge is 0.329 e. The van der Waals surface area contributed by atoms with E-state index in [1.54, 1.807) is 0 Å². The Hall–Kier alpha value is -0.380. The van der Waals surface area contributed by atoms with Crippen molar-refractivity contribution >= 4 is 11.3 Å². The van der Waals surface area contributed by atoms with E-state index >= 15 is 0 Å². The molecule has 3 aliphatic carbocycles. The summed E-state index contributed by atoms with van der Waals surface area (Å²) < 4.78 is 0. The topological polar surface area (TPSA) is 29.3 Å². The van der Waals surface area contributed by atoms with Gasteiger partial charge in [0.1, 0.15) is 0 Å². The highest BCUT2D eigenvalue weighted by atomic mass is 32.1. The second kappa shape index (κ2) is 4.57. The van der Waals surface area contributed by atoms with Gasteiger partial charge >= 0.3 is 0 Å². The van der Waals surface area contributed by atoms with Gasteiger partial charge in [0.25, 0.3) is 0 Å². The van der Waals surface area contributed by atoms with Crippen molar-refractivity contribution in [2.75, 3.05) is 6.54 Å². The van der Waals surface area contributed by atoms with Crippen LogP contribution in [0.15, 0.2) is 17.5 Å². The van der Waals surface area contributed by atoms with Gasteiger partial charge in [0.15, 0.2) is 0 Å². The molecule has 3 unspecified atom stereocenters. The molecule has 3 saturated carbocycles. The molecule has 3 heteroatoms. The van der Waals surface area contributed by atoms with Crippen LogP contribution in [0.5, 0.6) is 0 Å². The summed E-state index contributed by atoms with van der Waals surface area (Å²) in [7, 11) is 0. The zero-order valence-electron chi connectivity index (χ0n) is 11.6. The van der Waals surface area contributed by atoms with Crippen LogP contribution in [0.4, 0.5) is 0 Å². The third kappa shape index (κ3) is 1.98. The summed E-state index contributed by atoms with van der Waals surface area (Å²) in [6, 6.07) is 5.29. The maximum atomic E-state index is 6.31. The van der Waals surface area contributed by atoms with Gasteiger partial charge in [-0.15, -0.1) is 11.3 Å². The van der Waals surface area contributed by atoms with Crippen LogP contribution in [0.25, 0.3) is 0 Å². The molecule has 1 aromatic heterocycles. The molecule has 0 saturated heterocycles. The Morgan fingerprint density at radius 3 is 2.74 bits per heavy atom. The molecule has 3 atom stereocenters. The quantitative estimate of drug-likeness (QED) is 0.894. The van der Waals surface area contributed by atoms with Crippen LogP contribution >= 0.6 is 11.3 Å². The number of hydrogen-bond acceptors (Lipinski definition) is 3. The lowest BCUT2D eigenvalue weighted by Crippen LogP contribution is -2.57. The van der Waals surface area contributed by atoms with E-state index in [0.29, 0.717) is 5.54 Å². The Labute approximate surface area is 120 Å². The second-order valence-corrected chi connectivity index (χ2v) is 7.86. The zero-order valence-corrected chi connectivity index (χ0v) is 12.4. The standard InChI is InChI=1S/C16H24N2S/c17-11-16(9-12-3-4-13(16)8-12)18(14-5-6-14)10-15-2-1-7-19-15/h1-2,7,12-14H,3-6,8-11,17H2. The van der Waals surface area contributed by atoms with Crippen molar-refractivity contribution in [3.63, 3.8) is 0 Å². The first-order valence-corrected chi connectivity index (χ1v) is 8.69. The fourth-order valence-electron chi connectivity index (χ4n) is 4.74. The van der Waals surface area contributed by atoms with Crippen molar-refractivity contribution in [2.45, 2.75) is 56.7 Å². The number of fused-ring (bicyclic) bond motifs is 2. The SMILES string of the molecule is NCC1(N(Cc2cccs2)C2CC2)CC2CCC1C2. The molecule has 0 radical (unpaired) electrons. The third-order valence-corrected chi connectivity index (χ3v) is 6.62. The number of hydrogen-bond donors (Lipinski definition) is 1. The normalized spacial score (nSPS) is 37.4. The van der Waals surface area contributed by atoms with Crippen LogP contribution in [-0.2, 0) is 6.54 Å². The van der Waals surface area contributed by atoms with Crippen LogP contribution in [-0.4, -0.2) is 23.0 Å². The van der Waals surface area contributed by atoms with Gasteiger partial charge in [0.05, 0.1) is 0 Å². The molecule has 4 rings (SSSR count). The van der Waals surface area contributed by atoms with Gasteiger partial charge in [0.2, 0.25) is 0 Å². The molecule has 0 aromatic carbocycles. The highest BCUT2D eigenvalue weighted by Crippen LogP contribution is 2.55. The van der Waals surface area contributed by atoms with Crippen molar-refractivity contribution in [2.24, 2.45) is 17.6 Å². The van der Waals surface area contributed by atoms with E-state index < -0.39 is 0 Å². The molecular formula is C16H24N2S. The lowest BCUT2D eigenvalue weighted by molar-refractivity contribution is 0.0275. The Morgan fingerprint density at radius 1 is 1.32 bits per heavy atom. The predicted octanol–water partition coefficient (Wildman–Crippen LogP) is 3.23. The molecule has 0 amide bonds. The van der Waals surface area contributed by atoms with Crippen LogP contribution < -0.4 is 5.73 Å². The van der Waals surface area contributed by atoms with Crippen LogP contribution in [0.3, 0.4) is 0 Å². The van der Waals surface area contributed by atoms with E-state index in [0.717, 1.165) is 31.0 Å². The fourth-order valence-corrected chi connectivity index (χ4v) is 5.44. The first kappa shape index (κ1) is 12.4. The van der Waals surface area contributed by atoms with Crippen molar-refractivity contribution < 1.29 is 0 Å². The summed E-state index contributed by atoms with van der Waals surface area (Å²) in [6.45, 7) is 2.01. The molecule has 3 fully saturated rings. The Morgan fingerprint density at radius 2 is 2.21 bits per heavy atom. The Bertz CT molecular complexity index is 440. The van der Waals surface area contributed by atoms with E-state index in [-0.39, 0.29) is 0 Å². The van der Waals surface area contributed by atoms with E-state index in [4.69, 9.17) is 5.73 Å². The molecule has 104 valence electrons. The van der Waals surface area contributed by atoms with Crippen molar-refractivity contribution in [1.82, 2.24) is 4.90 Å². The van der Waals surface area contributed by atoms with Crippen LogP contribution in [0.2, 0.25) is 0 Å². The summed E-state index contributed by atoms with van der Waals surface area (Å²) >= 11 is 1.90. The summed E-state index contributed by atoms with van der Waals surface area (Å²) in [6.07, 6.45) is 8.50. The smallest absolute Gasteiger partial charge is 0.0369 e. The summed E-state index contributed by atoms with van der Waals surface area (Å²) in [4.78, 5) is 4.34. The van der Waals surface area contributed by atoms with Gasteiger partial charge in [-0.3, -0.25) is 4.90 Å². The second-order valence-electron chi connectivity index (χ2n) is 6.83. The molecule has 0 aliphatic heterocycles. The minimum absolute atomic E-state index is 0.341. The number of rotatable bonds is 5. The summed E-state index contributed by atoms with van der Waals surface area (Å²) in [5, 5.41) is 2.20. The van der Waals surface area contributed by atoms with Gasteiger partial charge in [-0.2, -0.15) is 0 Å². The van der Waals surface area contributed by atoms with E-state index in [9.17, 15) is 0 Å². The summed E-state index contributed by atoms with van der Waals surface area (Å²) in [5.41, 5.74) is 6.65. The minimum atomic E-state index is 0.341. The average molecular weight is 276 g/mol. The number of nitrogens with zero attached hydrogens (tertiary/aromatic N) is 1. The molecule has 2 N–H and O–H groups in total. The van der Waals surface area contributed by atoms with Gasteiger partial charge in [-0.25, -0.2) is 0 Å². The molecule has 2 bridgehead atoms. The van der Waals surface area contributed by atoms with Gasteiger partial charge < -0.3 is 5.73 Å². The van der Waals surface area contributed by atoms with E-state index in [1.165, 1.54) is 43.4 Å². The van der Waals surface area contributed by atoms with E-state index in [1.807, 2.05) is 11.3 Å². The maximum Gasteiger partial charge on any atom is 0.0369 e. The molecule has 2 nitrogen and oxygen atoms in total. The maximum absolute atomic E-state index is 6.31. The lowest BCUT2D eigenvalue weighted by Gasteiger charge is -2.47. The van der Waals surface area contributed by atoms with Gasteiger partial charge in [-0.1, -0.05) is 12.5 Å². The zero-order chi connectivity index (χ0) is 12.9. The molecule has 19 heavy (non-hydrogen) atoms. The highest BCUT2D eigenvalue weighted by Gasteiger charge is 2.55. The van der Waals surface area contributed by atoms with Crippen molar-refractivity contribution in [3.05, 3.63) is 22.4 Å². The fraction of sp³-hybridized carbons (Fsp3) is 0.750. The highest BCUT2D eigenvalue weighted by molar-refractivity contribution is 7.09. The molecule has 0 spiro atoms. The predicted molar refractivity (Wildman–Crippen MR) is 80.1 cm³/mol. The first-order chi connectivity index (χ1) is 9.32.